The molecule has 2 heterocycles. The van der Waals surface area contributed by atoms with Gasteiger partial charge in [-0.25, -0.2) is 14.4 Å². The minimum atomic E-state index is -0.315. The number of carbonyl (C=O) groups excluding carboxylic acids is 1. The van der Waals surface area contributed by atoms with Crippen LogP contribution >= 0.6 is 0 Å². The second kappa shape index (κ2) is 8.73. The van der Waals surface area contributed by atoms with E-state index in [1.165, 1.54) is 12.1 Å². The average Bonchev–Trinajstić information content (AvgIpc) is 3.28. The molecule has 7 heteroatoms. The minimum Gasteiger partial charge on any atom is -0.461 e. The van der Waals surface area contributed by atoms with Gasteiger partial charge in [0.25, 0.3) is 0 Å². The molecule has 0 unspecified atom stereocenters. The number of aromatic nitrogens is 2. The van der Waals surface area contributed by atoms with E-state index < -0.39 is 0 Å². The number of halogens is 1. The van der Waals surface area contributed by atoms with E-state index in [9.17, 15) is 9.18 Å². The number of nitrogens with zero attached hydrogens (tertiary/aromatic N) is 2. The normalized spacial score (nSPS) is 10.9. The van der Waals surface area contributed by atoms with Gasteiger partial charge < -0.3 is 15.1 Å². The fraction of sp³-hybridized carbons (Fsp3) is 0.174. The Kier molecular flexibility index (Phi) is 5.70. The van der Waals surface area contributed by atoms with Crippen LogP contribution in [0, 0.1) is 12.7 Å². The molecule has 0 aliphatic heterocycles. The van der Waals surface area contributed by atoms with E-state index in [0.29, 0.717) is 30.5 Å². The van der Waals surface area contributed by atoms with Crippen LogP contribution < -0.4 is 10.6 Å². The zero-order valence-corrected chi connectivity index (χ0v) is 16.5. The maximum Gasteiger partial charge on any atom is 0.224 e. The van der Waals surface area contributed by atoms with Gasteiger partial charge in [0.1, 0.15) is 11.6 Å². The van der Waals surface area contributed by atoms with E-state index >= 15 is 0 Å². The van der Waals surface area contributed by atoms with Crippen molar-refractivity contribution in [2.45, 2.75) is 13.3 Å². The lowest BCUT2D eigenvalue weighted by molar-refractivity contribution is -0.120. The summed E-state index contributed by atoms with van der Waals surface area (Å²) in [5.74, 6) is 1.34. The Hall–Kier alpha value is -3.74. The number of benzene rings is 2. The van der Waals surface area contributed by atoms with Crippen molar-refractivity contribution >= 4 is 22.6 Å². The summed E-state index contributed by atoms with van der Waals surface area (Å²) in [5.41, 5.74) is 2.68. The zero-order valence-electron chi connectivity index (χ0n) is 16.5. The van der Waals surface area contributed by atoms with E-state index in [-0.39, 0.29) is 18.1 Å². The van der Waals surface area contributed by atoms with Crippen molar-refractivity contribution in [1.82, 2.24) is 15.3 Å². The lowest BCUT2D eigenvalue weighted by atomic mass is 10.1. The molecule has 0 radical (unpaired) electrons. The third kappa shape index (κ3) is 4.63. The fourth-order valence-electron chi connectivity index (χ4n) is 3.13. The monoisotopic (exact) mass is 404 g/mol. The molecule has 30 heavy (non-hydrogen) atoms. The van der Waals surface area contributed by atoms with Crippen molar-refractivity contribution in [2.75, 3.05) is 18.4 Å². The van der Waals surface area contributed by atoms with Crippen molar-refractivity contribution in [1.29, 1.82) is 0 Å². The average molecular weight is 404 g/mol. The van der Waals surface area contributed by atoms with Crippen LogP contribution in [0.4, 0.5) is 10.2 Å². The van der Waals surface area contributed by atoms with Gasteiger partial charge in [0.2, 0.25) is 5.91 Å². The highest BCUT2D eigenvalue weighted by molar-refractivity contribution is 5.91. The van der Waals surface area contributed by atoms with Gasteiger partial charge in [-0.3, -0.25) is 4.79 Å². The topological polar surface area (TPSA) is 80.1 Å². The molecule has 0 saturated carbocycles. The van der Waals surface area contributed by atoms with Gasteiger partial charge in [0.15, 0.2) is 11.6 Å². The molecule has 152 valence electrons. The Morgan fingerprint density at radius 3 is 2.67 bits per heavy atom. The predicted octanol–water partition coefficient (Wildman–Crippen LogP) is 4.11. The van der Waals surface area contributed by atoms with Crippen molar-refractivity contribution in [2.24, 2.45) is 0 Å². The first-order valence-corrected chi connectivity index (χ1v) is 9.66. The number of furan rings is 1. The lowest BCUT2D eigenvalue weighted by Gasteiger charge is -2.11. The SMILES string of the molecule is Cc1ccc2nc(-c3ccco3)nc(NCCNC(=O)Cc3ccc(F)cc3)c2c1. The van der Waals surface area contributed by atoms with Crippen LogP contribution in [0.2, 0.25) is 0 Å². The maximum absolute atomic E-state index is 13.0. The molecule has 0 fully saturated rings. The molecule has 2 aromatic heterocycles. The van der Waals surface area contributed by atoms with Crippen LogP contribution in [-0.2, 0) is 11.2 Å². The quantitative estimate of drug-likeness (QED) is 0.453. The van der Waals surface area contributed by atoms with E-state index in [1.807, 2.05) is 31.2 Å². The minimum absolute atomic E-state index is 0.122. The number of hydrogen-bond donors (Lipinski definition) is 2. The molecule has 0 aliphatic rings. The van der Waals surface area contributed by atoms with Crippen LogP contribution in [0.15, 0.2) is 65.3 Å². The predicted molar refractivity (Wildman–Crippen MR) is 114 cm³/mol. The van der Waals surface area contributed by atoms with Gasteiger partial charge in [-0.1, -0.05) is 23.8 Å². The first kappa shape index (κ1) is 19.6. The van der Waals surface area contributed by atoms with E-state index in [4.69, 9.17) is 4.42 Å². The first-order valence-electron chi connectivity index (χ1n) is 9.66. The molecule has 0 atom stereocenters. The molecule has 0 spiro atoms. The fourth-order valence-corrected chi connectivity index (χ4v) is 3.13. The molecule has 2 aromatic carbocycles. The molecule has 4 rings (SSSR count). The number of aryl methyl sites for hydroxylation is 1. The van der Waals surface area contributed by atoms with Crippen molar-refractivity contribution in [3.8, 4) is 11.6 Å². The smallest absolute Gasteiger partial charge is 0.224 e. The Morgan fingerprint density at radius 1 is 1.07 bits per heavy atom. The molecule has 2 N–H and O–H groups in total. The number of rotatable bonds is 7. The summed E-state index contributed by atoms with van der Waals surface area (Å²) in [6, 6.07) is 15.5. The van der Waals surface area contributed by atoms with Crippen molar-refractivity contribution in [3.63, 3.8) is 0 Å². The first-order chi connectivity index (χ1) is 14.6. The Bertz CT molecular complexity index is 1160. The number of fused-ring (bicyclic) bond motifs is 1. The number of amides is 1. The van der Waals surface area contributed by atoms with Gasteiger partial charge in [-0.2, -0.15) is 0 Å². The second-order valence-electron chi connectivity index (χ2n) is 6.97. The lowest BCUT2D eigenvalue weighted by Crippen LogP contribution is -2.30. The molecule has 1 amide bonds. The van der Waals surface area contributed by atoms with Crippen LogP contribution in [0.1, 0.15) is 11.1 Å². The van der Waals surface area contributed by atoms with Crippen molar-refractivity contribution in [3.05, 3.63) is 77.8 Å². The van der Waals surface area contributed by atoms with Crippen LogP contribution in [-0.4, -0.2) is 29.0 Å². The highest BCUT2D eigenvalue weighted by Gasteiger charge is 2.11. The summed E-state index contributed by atoms with van der Waals surface area (Å²) in [6.07, 6.45) is 1.79. The maximum atomic E-state index is 13.0. The second-order valence-corrected chi connectivity index (χ2v) is 6.97. The largest absolute Gasteiger partial charge is 0.461 e. The number of anilines is 1. The molecule has 0 saturated heterocycles. The summed E-state index contributed by atoms with van der Waals surface area (Å²) in [4.78, 5) is 21.3. The number of nitrogens with one attached hydrogen (secondary N) is 2. The number of hydrogen-bond acceptors (Lipinski definition) is 5. The molecular weight excluding hydrogens is 383 g/mol. The Morgan fingerprint density at radius 2 is 1.90 bits per heavy atom. The standard InChI is InChI=1S/C23H21FN4O2/c1-15-4-9-19-18(13-15)22(28-23(27-19)20-3-2-12-30-20)26-11-10-25-21(29)14-16-5-7-17(24)8-6-16/h2-9,12-13H,10-11,14H2,1H3,(H,25,29)(H,26,27,28). The number of carbonyl (C=O) groups is 1. The molecule has 6 nitrogen and oxygen atoms in total. The van der Waals surface area contributed by atoms with Gasteiger partial charge >= 0.3 is 0 Å². The summed E-state index contributed by atoms with van der Waals surface area (Å²) in [6.45, 7) is 2.93. The van der Waals surface area contributed by atoms with Gasteiger partial charge in [0.05, 0.1) is 18.2 Å². The summed E-state index contributed by atoms with van der Waals surface area (Å²) in [5, 5.41) is 7.05. The Labute approximate surface area is 173 Å². The molecule has 0 aliphatic carbocycles. The molecule has 0 bridgehead atoms. The molecule has 4 aromatic rings. The van der Waals surface area contributed by atoms with Gasteiger partial charge in [-0.05, 0) is 48.9 Å². The van der Waals surface area contributed by atoms with Crippen LogP contribution in [0.3, 0.4) is 0 Å². The van der Waals surface area contributed by atoms with Gasteiger partial charge in [0, 0.05) is 18.5 Å². The van der Waals surface area contributed by atoms with Crippen LogP contribution in [0.25, 0.3) is 22.5 Å². The van der Waals surface area contributed by atoms with E-state index in [1.54, 1.807) is 24.5 Å². The van der Waals surface area contributed by atoms with E-state index in [2.05, 4.69) is 20.6 Å². The summed E-state index contributed by atoms with van der Waals surface area (Å²) in [7, 11) is 0. The molecular formula is C23H21FN4O2. The van der Waals surface area contributed by atoms with E-state index in [0.717, 1.165) is 22.0 Å². The third-order valence-electron chi connectivity index (χ3n) is 4.61. The highest BCUT2D eigenvalue weighted by Crippen LogP contribution is 2.26. The zero-order chi connectivity index (χ0) is 20.9. The van der Waals surface area contributed by atoms with Crippen LogP contribution in [0.5, 0.6) is 0 Å². The van der Waals surface area contributed by atoms with Gasteiger partial charge in [-0.15, -0.1) is 0 Å². The summed E-state index contributed by atoms with van der Waals surface area (Å²) >= 11 is 0. The Balaban J connectivity index is 1.42. The third-order valence-corrected chi connectivity index (χ3v) is 4.61. The summed E-state index contributed by atoms with van der Waals surface area (Å²) < 4.78 is 18.4. The van der Waals surface area contributed by atoms with Crippen molar-refractivity contribution < 1.29 is 13.6 Å². The highest BCUT2D eigenvalue weighted by atomic mass is 19.1.